The van der Waals surface area contributed by atoms with Gasteiger partial charge in [0.25, 0.3) is 11.8 Å². The van der Waals surface area contributed by atoms with Crippen molar-refractivity contribution in [2.45, 2.75) is 32.0 Å². The van der Waals surface area contributed by atoms with Gasteiger partial charge in [-0.1, -0.05) is 18.2 Å². The molecule has 10 heteroatoms. The molecule has 3 aliphatic rings. The normalized spacial score (nSPS) is 20.3. The molecule has 0 saturated carbocycles. The molecule has 10 nitrogen and oxygen atoms in total. The van der Waals surface area contributed by atoms with Crippen LogP contribution < -0.4 is 30.7 Å². The highest BCUT2D eigenvalue weighted by Gasteiger charge is 2.33. The van der Waals surface area contributed by atoms with E-state index in [1.807, 2.05) is 31.2 Å². The Morgan fingerprint density at radius 3 is 2.75 bits per heavy atom. The Hall–Kier alpha value is -4.34. The highest BCUT2D eigenvalue weighted by molar-refractivity contribution is 5.95. The Labute approximate surface area is 208 Å². The molecule has 0 spiro atoms. The van der Waals surface area contributed by atoms with Crippen LogP contribution in [0, 0.1) is 6.92 Å². The van der Waals surface area contributed by atoms with E-state index in [2.05, 4.69) is 25.5 Å². The first-order valence-electron chi connectivity index (χ1n) is 11.8. The molecule has 3 aliphatic heterocycles. The van der Waals surface area contributed by atoms with Gasteiger partial charge in [0.1, 0.15) is 23.4 Å². The van der Waals surface area contributed by atoms with Gasteiger partial charge < -0.3 is 30.7 Å². The molecular weight excluding hydrogens is 460 g/mol. The van der Waals surface area contributed by atoms with Gasteiger partial charge in [0, 0.05) is 37.8 Å². The lowest BCUT2D eigenvalue weighted by molar-refractivity contribution is -0.123. The first-order chi connectivity index (χ1) is 17.4. The zero-order valence-electron chi connectivity index (χ0n) is 19.9. The maximum atomic E-state index is 13.3. The van der Waals surface area contributed by atoms with E-state index in [4.69, 9.17) is 15.2 Å². The number of nitrogens with zero attached hydrogens (tertiary/aromatic N) is 3. The molecule has 0 aliphatic carbocycles. The second-order valence-corrected chi connectivity index (χ2v) is 8.93. The van der Waals surface area contributed by atoms with Crippen molar-refractivity contribution in [1.82, 2.24) is 20.6 Å². The molecule has 186 valence electrons. The minimum absolute atomic E-state index is 0.144. The van der Waals surface area contributed by atoms with Gasteiger partial charge in [-0.25, -0.2) is 4.98 Å². The summed E-state index contributed by atoms with van der Waals surface area (Å²) in [6, 6.07) is 14.3. The molecule has 1 aromatic heterocycles. The summed E-state index contributed by atoms with van der Waals surface area (Å²) in [5.41, 5.74) is 8.01. The van der Waals surface area contributed by atoms with Crippen LogP contribution in [0.25, 0.3) is 0 Å². The number of benzene rings is 2. The number of carbonyl (C=O) groups excluding carboxylic acids is 2. The maximum Gasteiger partial charge on any atom is 0.258 e. The molecule has 3 aromatic rings. The zero-order valence-corrected chi connectivity index (χ0v) is 19.9. The summed E-state index contributed by atoms with van der Waals surface area (Å²) in [7, 11) is 0. The van der Waals surface area contributed by atoms with Crippen LogP contribution in [-0.2, 0) is 11.3 Å². The van der Waals surface area contributed by atoms with Crippen LogP contribution in [0.2, 0.25) is 0 Å². The largest absolute Gasteiger partial charge is 0.488 e. The number of nitrogen functional groups attached to an aromatic ring is 1. The second kappa shape index (κ2) is 10.1. The average molecular weight is 489 g/mol. The molecule has 0 radical (unpaired) electrons. The lowest BCUT2D eigenvalue weighted by atomic mass is 10.0. The Morgan fingerprint density at radius 1 is 1.11 bits per heavy atom. The summed E-state index contributed by atoms with van der Waals surface area (Å²) >= 11 is 0. The fourth-order valence-corrected chi connectivity index (χ4v) is 4.36. The highest BCUT2D eigenvalue weighted by Crippen LogP contribution is 2.25. The fraction of sp³-hybridized carbons (Fsp3) is 0.308. The van der Waals surface area contributed by atoms with Crippen LogP contribution in [0.4, 0.5) is 11.8 Å². The standard InChI is InChI=1S/C26H28N6O4/c1-16-2-5-18-12-22(16)35-15-24(33)29-13-17-3-6-19(7-4-17)36-21-9-11-32(14-20(21)30-25(18)34)23-8-10-28-26(27)31-23/h2-8,10,12,20-21H,9,11,13-15H2,1H3,(H,29,33)(H,30,34)(H2,27,28,31)/t20-,21-/m0/s1. The smallest absolute Gasteiger partial charge is 0.258 e. The topological polar surface area (TPSA) is 132 Å². The summed E-state index contributed by atoms with van der Waals surface area (Å²) in [6.45, 7) is 3.27. The van der Waals surface area contributed by atoms with Crippen molar-refractivity contribution >= 4 is 23.6 Å². The van der Waals surface area contributed by atoms with Gasteiger partial charge in [-0.2, -0.15) is 4.98 Å². The number of fused-ring (bicyclic) bond motifs is 7. The third-order valence-electron chi connectivity index (χ3n) is 6.36. The number of nitrogens with one attached hydrogen (secondary N) is 2. The Balaban J connectivity index is 1.45. The van der Waals surface area contributed by atoms with Crippen molar-refractivity contribution in [2.24, 2.45) is 0 Å². The zero-order chi connectivity index (χ0) is 25.1. The summed E-state index contributed by atoms with van der Waals surface area (Å²) in [5, 5.41) is 5.99. The van der Waals surface area contributed by atoms with Gasteiger partial charge in [-0.15, -0.1) is 0 Å². The van der Waals surface area contributed by atoms with Gasteiger partial charge in [0.05, 0.1) is 6.04 Å². The Morgan fingerprint density at radius 2 is 1.94 bits per heavy atom. The SMILES string of the molecule is Cc1ccc2cc1OCC(=O)NCc1ccc(cc1)O[C@H]1CCN(c3ccnc(N)n3)C[C@@H]1NC2=O. The van der Waals surface area contributed by atoms with E-state index >= 15 is 0 Å². The van der Waals surface area contributed by atoms with Crippen LogP contribution in [0.1, 0.15) is 27.9 Å². The number of anilines is 2. The van der Waals surface area contributed by atoms with E-state index in [0.717, 1.165) is 11.1 Å². The molecule has 4 heterocycles. The minimum Gasteiger partial charge on any atom is -0.488 e. The lowest BCUT2D eigenvalue weighted by Gasteiger charge is -2.39. The Bertz CT molecular complexity index is 1270. The third-order valence-corrected chi connectivity index (χ3v) is 6.36. The molecular formula is C26H28N6O4. The molecule has 1 saturated heterocycles. The van der Waals surface area contributed by atoms with Crippen molar-refractivity contribution in [3.05, 3.63) is 71.4 Å². The molecule has 4 bridgehead atoms. The van der Waals surface area contributed by atoms with Crippen molar-refractivity contribution in [1.29, 1.82) is 0 Å². The van der Waals surface area contributed by atoms with Crippen LogP contribution in [0.15, 0.2) is 54.7 Å². The fourth-order valence-electron chi connectivity index (χ4n) is 4.36. The number of piperidine rings is 1. The molecule has 2 aromatic carbocycles. The number of amides is 2. The van der Waals surface area contributed by atoms with Crippen molar-refractivity contribution < 1.29 is 19.1 Å². The predicted octanol–water partition coefficient (Wildman–Crippen LogP) is 1.83. The first kappa shape index (κ1) is 23.4. The van der Waals surface area contributed by atoms with E-state index < -0.39 is 0 Å². The van der Waals surface area contributed by atoms with Gasteiger partial charge in [0.15, 0.2) is 6.61 Å². The van der Waals surface area contributed by atoms with Crippen LogP contribution >= 0.6 is 0 Å². The van der Waals surface area contributed by atoms with Crippen molar-refractivity contribution in [3.8, 4) is 11.5 Å². The van der Waals surface area contributed by atoms with E-state index in [0.29, 0.717) is 48.9 Å². The van der Waals surface area contributed by atoms with Gasteiger partial charge >= 0.3 is 0 Å². The summed E-state index contributed by atoms with van der Waals surface area (Å²) in [6.07, 6.45) is 2.02. The number of nitrogens with two attached hydrogens (primary N) is 1. The van der Waals surface area contributed by atoms with Crippen LogP contribution in [0.3, 0.4) is 0 Å². The number of aromatic nitrogens is 2. The van der Waals surface area contributed by atoms with Crippen molar-refractivity contribution in [2.75, 3.05) is 30.3 Å². The van der Waals surface area contributed by atoms with E-state index in [1.165, 1.54) is 0 Å². The van der Waals surface area contributed by atoms with Gasteiger partial charge in [0.2, 0.25) is 5.95 Å². The summed E-state index contributed by atoms with van der Waals surface area (Å²) in [4.78, 5) is 36.0. The van der Waals surface area contributed by atoms with E-state index in [9.17, 15) is 9.59 Å². The quantitative estimate of drug-likeness (QED) is 0.473. The van der Waals surface area contributed by atoms with E-state index in [1.54, 1.807) is 30.5 Å². The average Bonchev–Trinajstić information content (AvgIpc) is 2.88. The number of carbonyl (C=O) groups is 2. The molecule has 2 amide bonds. The van der Waals surface area contributed by atoms with Crippen molar-refractivity contribution in [3.63, 3.8) is 0 Å². The maximum absolute atomic E-state index is 13.3. The van der Waals surface area contributed by atoms with Crippen LogP contribution in [-0.4, -0.2) is 53.6 Å². The molecule has 6 rings (SSSR count). The molecule has 2 atom stereocenters. The van der Waals surface area contributed by atoms with Gasteiger partial charge in [-0.3, -0.25) is 9.59 Å². The molecule has 4 N–H and O–H groups in total. The van der Waals surface area contributed by atoms with Crippen LogP contribution in [0.5, 0.6) is 11.5 Å². The number of rotatable bonds is 1. The molecule has 1 fully saturated rings. The number of hydrogen-bond donors (Lipinski definition) is 3. The highest BCUT2D eigenvalue weighted by atomic mass is 16.5. The number of aryl methyl sites for hydroxylation is 1. The number of ether oxygens (including phenoxy) is 2. The summed E-state index contributed by atoms with van der Waals surface area (Å²) < 4.78 is 12.1. The minimum atomic E-state index is -0.327. The predicted molar refractivity (Wildman–Crippen MR) is 134 cm³/mol. The Kier molecular flexibility index (Phi) is 6.57. The summed E-state index contributed by atoms with van der Waals surface area (Å²) in [5.74, 6) is 1.58. The first-order valence-corrected chi connectivity index (χ1v) is 11.8. The third kappa shape index (κ3) is 5.32. The lowest BCUT2D eigenvalue weighted by Crippen LogP contribution is -2.57. The molecule has 0 unspecified atom stereocenters. The van der Waals surface area contributed by atoms with Gasteiger partial charge in [-0.05, 0) is 48.4 Å². The second-order valence-electron chi connectivity index (χ2n) is 8.93. The monoisotopic (exact) mass is 488 g/mol. The molecule has 36 heavy (non-hydrogen) atoms. The number of hydrogen-bond acceptors (Lipinski definition) is 8. The van der Waals surface area contributed by atoms with E-state index in [-0.39, 0.29) is 36.5 Å².